The van der Waals surface area contributed by atoms with Gasteiger partial charge >= 0.3 is 0 Å². The van der Waals surface area contributed by atoms with Crippen molar-refractivity contribution < 1.29 is 9.90 Å². The summed E-state index contributed by atoms with van der Waals surface area (Å²) in [4.78, 5) is 12.8. The van der Waals surface area contributed by atoms with Crippen LogP contribution in [0, 0.1) is 29.1 Å². The highest BCUT2D eigenvalue weighted by Crippen LogP contribution is 2.59. The first-order valence-corrected chi connectivity index (χ1v) is 8.38. The van der Waals surface area contributed by atoms with Gasteiger partial charge in [-0.15, -0.1) is 0 Å². The molecule has 0 radical (unpaired) electrons. The third kappa shape index (κ3) is 2.14. The zero-order valence-corrected chi connectivity index (χ0v) is 13.7. The van der Waals surface area contributed by atoms with Gasteiger partial charge in [0, 0.05) is 18.3 Å². The molecule has 0 aromatic rings. The Bertz CT molecular complexity index is 516. The van der Waals surface area contributed by atoms with Gasteiger partial charge in [-0.25, -0.2) is 0 Å². The molecule has 21 heavy (non-hydrogen) atoms. The van der Waals surface area contributed by atoms with E-state index < -0.39 is 5.60 Å². The number of hydrogen-bond acceptors (Lipinski definition) is 2. The maximum Gasteiger partial charge on any atom is 0.140 e. The summed E-state index contributed by atoms with van der Waals surface area (Å²) in [5.41, 5.74) is 0.755. The van der Waals surface area contributed by atoms with Crippen LogP contribution in [0.2, 0.25) is 0 Å². The van der Waals surface area contributed by atoms with Crippen LogP contribution in [0.5, 0.6) is 0 Å². The van der Waals surface area contributed by atoms with Crippen LogP contribution >= 0.6 is 0 Å². The van der Waals surface area contributed by atoms with E-state index in [1.165, 1.54) is 5.57 Å². The molecule has 0 aliphatic heterocycles. The van der Waals surface area contributed by atoms with Crippen molar-refractivity contribution in [3.63, 3.8) is 0 Å². The van der Waals surface area contributed by atoms with Gasteiger partial charge in [0.2, 0.25) is 0 Å². The summed E-state index contributed by atoms with van der Waals surface area (Å²) in [5, 5.41) is 11.2. The number of ketones is 1. The Kier molecular flexibility index (Phi) is 3.44. The first-order chi connectivity index (χ1) is 9.78. The van der Waals surface area contributed by atoms with E-state index in [-0.39, 0.29) is 23.2 Å². The molecule has 5 atom stereocenters. The first-order valence-electron chi connectivity index (χ1n) is 8.38. The topological polar surface area (TPSA) is 37.3 Å². The van der Waals surface area contributed by atoms with Crippen LogP contribution in [0.3, 0.4) is 0 Å². The zero-order valence-electron chi connectivity index (χ0n) is 13.7. The molecule has 3 aliphatic carbocycles. The fraction of sp³-hybridized carbons (Fsp3) is 0.737. The van der Waals surface area contributed by atoms with E-state index in [1.54, 1.807) is 0 Å². The van der Waals surface area contributed by atoms with Crippen LogP contribution < -0.4 is 0 Å². The van der Waals surface area contributed by atoms with Crippen molar-refractivity contribution in [1.82, 2.24) is 0 Å². The SMILES string of the molecule is CC1=CC=CC2C(=O)CC3[C@@](C)(CC[C@]3(O)C(C)C)C[C@@H]12. The van der Waals surface area contributed by atoms with Gasteiger partial charge in [-0.2, -0.15) is 0 Å². The standard InChI is InChI=1S/C19H28O2/c1-12(2)19(21)9-8-18(4)11-15-13(3)6-5-7-14(15)16(20)10-17(18)19/h5-7,12,14-15,17,21H,8-11H2,1-4H3/t14?,15-,17?,18-,19-/m0/s1. The lowest BCUT2D eigenvalue weighted by Gasteiger charge is -2.40. The molecule has 0 saturated heterocycles. The third-order valence-corrected chi connectivity index (χ3v) is 6.70. The van der Waals surface area contributed by atoms with Crippen LogP contribution in [-0.2, 0) is 4.79 Å². The highest BCUT2D eigenvalue weighted by molar-refractivity contribution is 5.84. The molecule has 2 nitrogen and oxygen atoms in total. The summed E-state index contributed by atoms with van der Waals surface area (Å²) in [6, 6.07) is 0. The Morgan fingerprint density at radius 3 is 2.71 bits per heavy atom. The number of allylic oxidation sites excluding steroid dienone is 4. The highest BCUT2D eigenvalue weighted by Gasteiger charge is 2.58. The Hall–Kier alpha value is -0.890. The molecule has 0 bridgehead atoms. The first kappa shape index (κ1) is 15.0. The zero-order chi connectivity index (χ0) is 15.4. The molecule has 2 heteroatoms. The van der Waals surface area contributed by atoms with E-state index in [2.05, 4.69) is 39.8 Å². The van der Waals surface area contributed by atoms with Gasteiger partial charge in [-0.3, -0.25) is 4.79 Å². The second kappa shape index (κ2) is 4.81. The number of carbonyl (C=O) groups excluding carboxylic acids is 1. The minimum Gasteiger partial charge on any atom is -0.389 e. The Morgan fingerprint density at radius 1 is 1.33 bits per heavy atom. The molecule has 2 fully saturated rings. The fourth-order valence-electron chi connectivity index (χ4n) is 5.12. The lowest BCUT2D eigenvalue weighted by atomic mass is 9.67. The molecule has 0 spiro atoms. The van der Waals surface area contributed by atoms with Gasteiger partial charge in [0.1, 0.15) is 5.78 Å². The third-order valence-electron chi connectivity index (χ3n) is 6.70. The molecule has 0 aromatic heterocycles. The molecule has 3 aliphatic rings. The molecular formula is C19H28O2. The predicted octanol–water partition coefficient (Wildman–Crippen LogP) is 3.90. The lowest BCUT2D eigenvalue weighted by molar-refractivity contribution is -0.127. The molecule has 2 unspecified atom stereocenters. The van der Waals surface area contributed by atoms with Crippen LogP contribution in [0.4, 0.5) is 0 Å². The molecular weight excluding hydrogens is 260 g/mol. The minimum atomic E-state index is -0.667. The van der Waals surface area contributed by atoms with Gasteiger partial charge in [-0.05, 0) is 43.4 Å². The van der Waals surface area contributed by atoms with Crippen molar-refractivity contribution in [1.29, 1.82) is 0 Å². The van der Waals surface area contributed by atoms with Crippen molar-refractivity contribution in [2.45, 2.75) is 59.0 Å². The average molecular weight is 288 g/mol. The minimum absolute atomic E-state index is 0.0360. The average Bonchev–Trinajstić information content (AvgIpc) is 2.60. The molecule has 116 valence electrons. The van der Waals surface area contributed by atoms with Crippen LogP contribution in [0.25, 0.3) is 0 Å². The number of aliphatic hydroxyl groups is 1. The largest absolute Gasteiger partial charge is 0.389 e. The molecule has 0 amide bonds. The second-order valence-electron chi connectivity index (χ2n) is 8.15. The fourth-order valence-corrected chi connectivity index (χ4v) is 5.12. The van der Waals surface area contributed by atoms with Gasteiger partial charge < -0.3 is 5.11 Å². The van der Waals surface area contributed by atoms with Crippen molar-refractivity contribution in [3.8, 4) is 0 Å². The smallest absolute Gasteiger partial charge is 0.140 e. The van der Waals surface area contributed by atoms with Crippen molar-refractivity contribution in [2.75, 3.05) is 0 Å². The number of carbonyl (C=O) groups is 1. The monoisotopic (exact) mass is 288 g/mol. The van der Waals surface area contributed by atoms with E-state index in [4.69, 9.17) is 0 Å². The van der Waals surface area contributed by atoms with E-state index in [0.717, 1.165) is 19.3 Å². The van der Waals surface area contributed by atoms with Crippen molar-refractivity contribution >= 4 is 5.78 Å². The lowest BCUT2D eigenvalue weighted by Crippen LogP contribution is -2.43. The van der Waals surface area contributed by atoms with Crippen molar-refractivity contribution in [2.24, 2.45) is 29.1 Å². The quantitative estimate of drug-likeness (QED) is 0.794. The van der Waals surface area contributed by atoms with E-state index in [0.29, 0.717) is 18.1 Å². The summed E-state index contributed by atoms with van der Waals surface area (Å²) in [7, 11) is 0. The van der Waals surface area contributed by atoms with Gasteiger partial charge in [-0.1, -0.05) is 44.6 Å². The summed E-state index contributed by atoms with van der Waals surface area (Å²) < 4.78 is 0. The number of fused-ring (bicyclic) bond motifs is 2. The summed E-state index contributed by atoms with van der Waals surface area (Å²) >= 11 is 0. The molecule has 0 aromatic carbocycles. The summed E-state index contributed by atoms with van der Waals surface area (Å²) in [5.74, 6) is 1.04. The van der Waals surface area contributed by atoms with Gasteiger partial charge in [0.25, 0.3) is 0 Å². The van der Waals surface area contributed by atoms with Gasteiger partial charge in [0.05, 0.1) is 5.60 Å². The Balaban J connectivity index is 2.00. The normalized spacial score (nSPS) is 46.1. The van der Waals surface area contributed by atoms with Crippen molar-refractivity contribution in [3.05, 3.63) is 23.8 Å². The van der Waals surface area contributed by atoms with E-state index in [9.17, 15) is 9.90 Å². The Labute approximate surface area is 128 Å². The van der Waals surface area contributed by atoms with E-state index in [1.807, 2.05) is 6.08 Å². The van der Waals surface area contributed by atoms with Gasteiger partial charge in [0.15, 0.2) is 0 Å². The second-order valence-corrected chi connectivity index (χ2v) is 8.15. The number of Topliss-reactive ketones (excluding diaryl/α,β-unsaturated/α-hetero) is 1. The highest BCUT2D eigenvalue weighted by atomic mass is 16.3. The predicted molar refractivity (Wildman–Crippen MR) is 84.7 cm³/mol. The van der Waals surface area contributed by atoms with E-state index >= 15 is 0 Å². The molecule has 0 heterocycles. The van der Waals surface area contributed by atoms with Crippen LogP contribution in [0.15, 0.2) is 23.8 Å². The molecule has 2 saturated carbocycles. The number of rotatable bonds is 1. The molecule has 1 N–H and O–H groups in total. The summed E-state index contributed by atoms with van der Waals surface area (Å²) in [6.07, 6.45) is 9.74. The molecule has 3 rings (SSSR count). The van der Waals surface area contributed by atoms with Crippen LogP contribution in [-0.4, -0.2) is 16.5 Å². The van der Waals surface area contributed by atoms with Crippen LogP contribution in [0.1, 0.15) is 53.4 Å². The maximum absolute atomic E-state index is 12.8. The summed E-state index contributed by atoms with van der Waals surface area (Å²) in [6.45, 7) is 8.65. The number of hydrogen-bond donors (Lipinski definition) is 1. The Morgan fingerprint density at radius 2 is 2.05 bits per heavy atom. The maximum atomic E-state index is 12.8.